The molecular formula is C18H18Cl2FNO2. The summed E-state index contributed by atoms with van der Waals surface area (Å²) in [6.45, 7) is 5.65. The van der Waals surface area contributed by atoms with Crippen LogP contribution in [-0.4, -0.2) is 12.5 Å². The number of aryl methyl sites for hydroxylation is 1. The van der Waals surface area contributed by atoms with Gasteiger partial charge in [0.25, 0.3) is 5.91 Å². The van der Waals surface area contributed by atoms with Gasteiger partial charge in [0.05, 0.1) is 5.69 Å². The van der Waals surface area contributed by atoms with Crippen molar-refractivity contribution in [2.45, 2.75) is 26.7 Å². The second-order valence-corrected chi connectivity index (χ2v) is 6.60. The number of rotatable bonds is 5. The molecule has 0 aliphatic heterocycles. The number of halogens is 3. The lowest BCUT2D eigenvalue weighted by Crippen LogP contribution is -2.21. The molecule has 2 aromatic rings. The van der Waals surface area contributed by atoms with Crippen LogP contribution in [0.15, 0.2) is 30.3 Å². The summed E-state index contributed by atoms with van der Waals surface area (Å²) in [6, 6.07) is 7.68. The van der Waals surface area contributed by atoms with E-state index in [0.29, 0.717) is 10.8 Å². The van der Waals surface area contributed by atoms with E-state index >= 15 is 0 Å². The van der Waals surface area contributed by atoms with Crippen LogP contribution >= 0.6 is 23.2 Å². The van der Waals surface area contributed by atoms with Crippen LogP contribution in [0.1, 0.15) is 30.9 Å². The monoisotopic (exact) mass is 369 g/mol. The summed E-state index contributed by atoms with van der Waals surface area (Å²) in [5.41, 5.74) is 1.83. The second-order valence-electron chi connectivity index (χ2n) is 5.75. The van der Waals surface area contributed by atoms with Crippen molar-refractivity contribution in [3.05, 3.63) is 57.3 Å². The third-order valence-corrected chi connectivity index (χ3v) is 4.12. The summed E-state index contributed by atoms with van der Waals surface area (Å²) >= 11 is 11.8. The fraction of sp³-hybridized carbons (Fsp3) is 0.278. The van der Waals surface area contributed by atoms with Crippen LogP contribution in [0.3, 0.4) is 0 Å². The van der Waals surface area contributed by atoms with Gasteiger partial charge >= 0.3 is 0 Å². The molecule has 0 atom stereocenters. The molecule has 0 heterocycles. The molecule has 1 N–H and O–H groups in total. The molecule has 6 heteroatoms. The minimum atomic E-state index is -0.596. The van der Waals surface area contributed by atoms with Crippen molar-refractivity contribution in [3.63, 3.8) is 0 Å². The summed E-state index contributed by atoms with van der Waals surface area (Å²) in [7, 11) is 0. The first-order valence-corrected chi connectivity index (χ1v) is 8.21. The Hall–Kier alpha value is -1.78. The third-order valence-electron chi connectivity index (χ3n) is 3.48. The Bertz CT molecular complexity index is 763. The van der Waals surface area contributed by atoms with E-state index in [1.807, 2.05) is 26.8 Å². The normalized spacial score (nSPS) is 10.8. The van der Waals surface area contributed by atoms with Gasteiger partial charge in [-0.3, -0.25) is 4.79 Å². The van der Waals surface area contributed by atoms with E-state index in [-0.39, 0.29) is 23.2 Å². The Morgan fingerprint density at radius 3 is 2.58 bits per heavy atom. The van der Waals surface area contributed by atoms with Gasteiger partial charge in [0.2, 0.25) is 0 Å². The van der Waals surface area contributed by atoms with Crippen molar-refractivity contribution in [3.8, 4) is 5.75 Å². The van der Waals surface area contributed by atoms with Crippen molar-refractivity contribution in [1.82, 2.24) is 0 Å². The van der Waals surface area contributed by atoms with Gasteiger partial charge in [0.15, 0.2) is 6.61 Å². The lowest BCUT2D eigenvalue weighted by atomic mass is 10.0. The van der Waals surface area contributed by atoms with Crippen molar-refractivity contribution in [2.24, 2.45) is 0 Å². The van der Waals surface area contributed by atoms with E-state index in [9.17, 15) is 9.18 Å². The van der Waals surface area contributed by atoms with Crippen LogP contribution in [0, 0.1) is 12.7 Å². The maximum absolute atomic E-state index is 13.7. The molecule has 0 fully saturated rings. The lowest BCUT2D eigenvalue weighted by Gasteiger charge is -2.16. The first-order chi connectivity index (χ1) is 11.3. The van der Waals surface area contributed by atoms with Crippen LogP contribution in [-0.2, 0) is 4.79 Å². The van der Waals surface area contributed by atoms with Gasteiger partial charge in [-0.25, -0.2) is 4.39 Å². The number of ether oxygens (including phenoxy) is 1. The van der Waals surface area contributed by atoms with Gasteiger partial charge in [-0.1, -0.05) is 37.0 Å². The molecule has 1 amide bonds. The lowest BCUT2D eigenvalue weighted by molar-refractivity contribution is -0.118. The molecular weight excluding hydrogens is 352 g/mol. The largest absolute Gasteiger partial charge is 0.483 e. The molecule has 0 aliphatic carbocycles. The smallest absolute Gasteiger partial charge is 0.262 e. The van der Waals surface area contributed by atoms with Gasteiger partial charge in [-0.2, -0.15) is 0 Å². The maximum Gasteiger partial charge on any atom is 0.262 e. The van der Waals surface area contributed by atoms with Gasteiger partial charge in [-0.15, -0.1) is 0 Å². The Balaban J connectivity index is 2.07. The zero-order valence-electron chi connectivity index (χ0n) is 13.6. The molecule has 2 rings (SSSR count). The summed E-state index contributed by atoms with van der Waals surface area (Å²) in [5.74, 6) is -0.270. The highest BCUT2D eigenvalue weighted by Crippen LogP contribution is 2.32. The Morgan fingerprint density at radius 1 is 1.25 bits per heavy atom. The van der Waals surface area contributed by atoms with Crippen LogP contribution in [0.25, 0.3) is 0 Å². The highest BCUT2D eigenvalue weighted by Gasteiger charge is 2.13. The van der Waals surface area contributed by atoms with Gasteiger partial charge in [0.1, 0.15) is 11.6 Å². The summed E-state index contributed by atoms with van der Waals surface area (Å²) in [4.78, 5) is 12.0. The molecule has 3 nitrogen and oxygen atoms in total. The average molecular weight is 370 g/mol. The summed E-state index contributed by atoms with van der Waals surface area (Å²) < 4.78 is 19.3. The Kier molecular flexibility index (Phi) is 6.08. The average Bonchev–Trinajstić information content (AvgIpc) is 2.50. The fourth-order valence-corrected chi connectivity index (χ4v) is 2.50. The molecule has 0 spiro atoms. The number of hydrogen-bond acceptors (Lipinski definition) is 2. The predicted octanol–water partition coefficient (Wildman–Crippen LogP) is 5.58. The van der Waals surface area contributed by atoms with Crippen LogP contribution in [0.5, 0.6) is 5.75 Å². The van der Waals surface area contributed by atoms with Crippen molar-refractivity contribution in [1.29, 1.82) is 0 Å². The van der Waals surface area contributed by atoms with Gasteiger partial charge in [-0.05, 0) is 54.3 Å². The van der Waals surface area contributed by atoms with E-state index in [2.05, 4.69) is 5.32 Å². The Labute approximate surface area is 150 Å². The van der Waals surface area contributed by atoms with E-state index in [1.54, 1.807) is 6.07 Å². The Morgan fingerprint density at radius 2 is 1.96 bits per heavy atom. The number of anilines is 1. The molecule has 0 saturated heterocycles. The molecule has 0 aromatic heterocycles. The molecule has 0 radical (unpaired) electrons. The van der Waals surface area contributed by atoms with Gasteiger partial charge < -0.3 is 10.1 Å². The standard InChI is InChI=1S/C18H18Cl2FNO2/c1-10(2)13-8-14(20)11(3)6-17(13)24-9-18(23)22-16-5-4-12(19)7-15(16)21/h4-8,10H,9H2,1-3H3,(H,22,23). The van der Waals surface area contributed by atoms with Crippen molar-refractivity contribution in [2.75, 3.05) is 11.9 Å². The number of carbonyl (C=O) groups excluding carboxylic acids is 1. The summed E-state index contributed by atoms with van der Waals surface area (Å²) in [5, 5.41) is 3.37. The van der Waals surface area contributed by atoms with E-state index in [0.717, 1.165) is 17.2 Å². The van der Waals surface area contributed by atoms with Crippen LogP contribution in [0.2, 0.25) is 10.0 Å². The number of benzene rings is 2. The number of carbonyl (C=O) groups is 1. The fourth-order valence-electron chi connectivity index (χ4n) is 2.17. The second kappa shape index (κ2) is 7.86. The quantitative estimate of drug-likeness (QED) is 0.746. The van der Waals surface area contributed by atoms with Crippen LogP contribution < -0.4 is 10.1 Å². The van der Waals surface area contributed by atoms with E-state index in [1.165, 1.54) is 12.1 Å². The SMILES string of the molecule is Cc1cc(OCC(=O)Nc2ccc(Cl)cc2F)c(C(C)C)cc1Cl. The molecule has 0 unspecified atom stereocenters. The molecule has 24 heavy (non-hydrogen) atoms. The summed E-state index contributed by atoms with van der Waals surface area (Å²) in [6.07, 6.45) is 0. The van der Waals surface area contributed by atoms with E-state index < -0.39 is 11.7 Å². The number of amides is 1. The molecule has 0 aliphatic rings. The first-order valence-electron chi connectivity index (χ1n) is 7.45. The number of hydrogen-bond donors (Lipinski definition) is 1. The van der Waals surface area contributed by atoms with Gasteiger partial charge in [0, 0.05) is 10.0 Å². The topological polar surface area (TPSA) is 38.3 Å². The molecule has 0 saturated carbocycles. The van der Waals surface area contributed by atoms with Crippen LogP contribution in [0.4, 0.5) is 10.1 Å². The highest BCUT2D eigenvalue weighted by molar-refractivity contribution is 6.31. The minimum absolute atomic E-state index is 0.0596. The first kappa shape index (κ1) is 18.6. The number of nitrogens with one attached hydrogen (secondary N) is 1. The molecule has 0 bridgehead atoms. The maximum atomic E-state index is 13.7. The zero-order valence-corrected chi connectivity index (χ0v) is 15.1. The zero-order chi connectivity index (χ0) is 17.9. The van der Waals surface area contributed by atoms with Crippen molar-refractivity contribution >= 4 is 34.8 Å². The highest BCUT2D eigenvalue weighted by atomic mass is 35.5. The minimum Gasteiger partial charge on any atom is -0.483 e. The molecule has 2 aromatic carbocycles. The van der Waals surface area contributed by atoms with E-state index in [4.69, 9.17) is 27.9 Å². The molecule has 128 valence electrons. The van der Waals surface area contributed by atoms with Crippen molar-refractivity contribution < 1.29 is 13.9 Å². The third kappa shape index (κ3) is 4.62. The predicted molar refractivity (Wildman–Crippen MR) is 95.8 cm³/mol.